The highest BCUT2D eigenvalue weighted by Gasteiger charge is 2.39. The maximum absolute atomic E-state index is 12.4. The van der Waals surface area contributed by atoms with Crippen molar-refractivity contribution in [2.75, 3.05) is 12.1 Å². The van der Waals surface area contributed by atoms with Gasteiger partial charge in [0.25, 0.3) is 5.91 Å². The Labute approximate surface area is 141 Å². The lowest BCUT2D eigenvalue weighted by molar-refractivity contribution is -0.151. The van der Waals surface area contributed by atoms with E-state index >= 15 is 0 Å². The number of rotatable bonds is 3. The third-order valence-electron chi connectivity index (χ3n) is 4.30. The smallest absolute Gasteiger partial charge is 0.318 e. The molecule has 0 spiro atoms. The molecule has 0 radical (unpaired) electrons. The molecule has 5 heteroatoms. The first-order valence-corrected chi connectivity index (χ1v) is 7.89. The van der Waals surface area contributed by atoms with E-state index in [0.717, 1.165) is 16.8 Å². The summed E-state index contributed by atoms with van der Waals surface area (Å²) in [6.07, 6.45) is 0.371. The van der Waals surface area contributed by atoms with E-state index in [9.17, 15) is 9.59 Å². The molecule has 0 bridgehead atoms. The van der Waals surface area contributed by atoms with Gasteiger partial charge in [-0.1, -0.05) is 48.0 Å². The van der Waals surface area contributed by atoms with Crippen molar-refractivity contribution in [1.82, 2.24) is 5.43 Å². The van der Waals surface area contributed by atoms with Crippen molar-refractivity contribution in [3.05, 3.63) is 65.7 Å². The fraction of sp³-hybridized carbons (Fsp3) is 0.263. The molecule has 0 aliphatic carbocycles. The molecule has 3 rings (SSSR count). The lowest BCUT2D eigenvalue weighted by Gasteiger charge is -2.40. The molecule has 1 aliphatic rings. The number of hydrazine groups is 1. The number of para-hydroxylation sites is 1. The van der Waals surface area contributed by atoms with Crippen molar-refractivity contribution in [2.45, 2.75) is 19.4 Å². The van der Waals surface area contributed by atoms with Crippen LogP contribution in [0.5, 0.6) is 0 Å². The number of benzene rings is 2. The first-order chi connectivity index (χ1) is 11.6. The molecule has 2 unspecified atom stereocenters. The fourth-order valence-electron chi connectivity index (χ4n) is 2.96. The normalized spacial score (nSPS) is 20.4. The Hall–Kier alpha value is -2.82. The van der Waals surface area contributed by atoms with E-state index in [-0.39, 0.29) is 11.9 Å². The average molecular weight is 324 g/mol. The number of ether oxygens (including phenoxy) is 1. The van der Waals surface area contributed by atoms with E-state index in [1.807, 2.05) is 66.5 Å². The number of methoxy groups -OCH3 is 1. The molecule has 2 atom stereocenters. The summed E-state index contributed by atoms with van der Waals surface area (Å²) >= 11 is 0. The van der Waals surface area contributed by atoms with Gasteiger partial charge in [-0.3, -0.25) is 20.0 Å². The highest BCUT2D eigenvalue weighted by atomic mass is 16.5. The zero-order valence-electron chi connectivity index (χ0n) is 13.7. The molecule has 1 N–H and O–H groups in total. The Morgan fingerprint density at radius 1 is 1.12 bits per heavy atom. The molecule has 1 amide bonds. The number of anilines is 1. The number of hydrogen-bond acceptors (Lipinski definition) is 4. The fourth-order valence-corrected chi connectivity index (χ4v) is 2.96. The summed E-state index contributed by atoms with van der Waals surface area (Å²) in [6, 6.07) is 17.6. The number of nitrogens with zero attached hydrogens (tertiary/aromatic N) is 1. The molecule has 2 aromatic carbocycles. The van der Waals surface area contributed by atoms with E-state index in [4.69, 9.17) is 4.74 Å². The molecule has 1 heterocycles. The quantitative estimate of drug-likeness (QED) is 0.697. The number of amides is 1. The summed E-state index contributed by atoms with van der Waals surface area (Å²) in [6.45, 7) is 2.03. The summed E-state index contributed by atoms with van der Waals surface area (Å²) in [5.74, 6) is -1.65. The van der Waals surface area contributed by atoms with Gasteiger partial charge in [-0.2, -0.15) is 0 Å². The van der Waals surface area contributed by atoms with Crippen LogP contribution in [0.1, 0.15) is 23.6 Å². The van der Waals surface area contributed by atoms with Crippen molar-refractivity contribution in [1.29, 1.82) is 0 Å². The van der Waals surface area contributed by atoms with E-state index in [0.29, 0.717) is 6.42 Å². The highest BCUT2D eigenvalue weighted by Crippen LogP contribution is 2.34. The molecule has 1 saturated heterocycles. The Morgan fingerprint density at radius 3 is 2.42 bits per heavy atom. The predicted molar refractivity (Wildman–Crippen MR) is 91.1 cm³/mol. The number of carbonyl (C=O) groups is 2. The molecule has 0 aromatic heterocycles. The van der Waals surface area contributed by atoms with Crippen LogP contribution in [0.2, 0.25) is 0 Å². The van der Waals surface area contributed by atoms with Crippen LogP contribution in [-0.4, -0.2) is 19.0 Å². The van der Waals surface area contributed by atoms with Crippen LogP contribution in [0.4, 0.5) is 5.69 Å². The zero-order valence-corrected chi connectivity index (χ0v) is 13.7. The Bertz CT molecular complexity index is 728. The zero-order chi connectivity index (χ0) is 17.1. The third-order valence-corrected chi connectivity index (χ3v) is 4.30. The summed E-state index contributed by atoms with van der Waals surface area (Å²) in [5, 5.41) is 1.83. The minimum Gasteiger partial charge on any atom is -0.468 e. The lowest BCUT2D eigenvalue weighted by atomic mass is 9.91. The molecule has 1 aliphatic heterocycles. The maximum atomic E-state index is 12.4. The second-order valence-corrected chi connectivity index (χ2v) is 5.92. The second kappa shape index (κ2) is 6.74. The summed E-state index contributed by atoms with van der Waals surface area (Å²) in [4.78, 5) is 24.3. The lowest BCUT2D eigenvalue weighted by Crippen LogP contribution is -2.54. The van der Waals surface area contributed by atoms with Crippen molar-refractivity contribution in [2.24, 2.45) is 5.92 Å². The monoisotopic (exact) mass is 324 g/mol. The molecular weight excluding hydrogens is 304 g/mol. The predicted octanol–water partition coefficient (Wildman–Crippen LogP) is 2.77. The molecule has 5 nitrogen and oxygen atoms in total. The van der Waals surface area contributed by atoms with Gasteiger partial charge in [0.15, 0.2) is 0 Å². The Balaban J connectivity index is 1.98. The average Bonchev–Trinajstić information content (AvgIpc) is 2.62. The molecule has 24 heavy (non-hydrogen) atoms. The van der Waals surface area contributed by atoms with Crippen LogP contribution in [0.15, 0.2) is 54.6 Å². The van der Waals surface area contributed by atoms with Crippen molar-refractivity contribution >= 4 is 17.6 Å². The van der Waals surface area contributed by atoms with Crippen LogP contribution in [0.25, 0.3) is 0 Å². The Kier molecular flexibility index (Phi) is 4.51. The van der Waals surface area contributed by atoms with Gasteiger partial charge >= 0.3 is 5.97 Å². The first kappa shape index (κ1) is 16.1. The highest BCUT2D eigenvalue weighted by molar-refractivity contribution is 5.99. The van der Waals surface area contributed by atoms with Crippen LogP contribution < -0.4 is 10.4 Å². The van der Waals surface area contributed by atoms with E-state index in [1.165, 1.54) is 7.11 Å². The van der Waals surface area contributed by atoms with Crippen molar-refractivity contribution in [3.8, 4) is 0 Å². The number of nitrogens with one attached hydrogen (secondary N) is 1. The number of carbonyl (C=O) groups excluding carboxylic acids is 2. The van der Waals surface area contributed by atoms with Crippen LogP contribution in [0.3, 0.4) is 0 Å². The number of hydrogen-bond donors (Lipinski definition) is 1. The van der Waals surface area contributed by atoms with Crippen LogP contribution in [-0.2, 0) is 14.3 Å². The number of esters is 1. The summed E-state index contributed by atoms with van der Waals surface area (Å²) in [5.41, 5.74) is 5.93. The minimum atomic E-state index is -0.804. The molecule has 1 fully saturated rings. The Morgan fingerprint density at radius 2 is 1.79 bits per heavy atom. The van der Waals surface area contributed by atoms with Gasteiger partial charge in [-0.15, -0.1) is 0 Å². The van der Waals surface area contributed by atoms with Crippen LogP contribution in [0, 0.1) is 12.8 Å². The van der Waals surface area contributed by atoms with Crippen LogP contribution >= 0.6 is 0 Å². The van der Waals surface area contributed by atoms with E-state index in [1.54, 1.807) is 0 Å². The molecule has 124 valence electrons. The van der Waals surface area contributed by atoms with Gasteiger partial charge in [0, 0.05) is 0 Å². The molecular formula is C19H20N2O3. The van der Waals surface area contributed by atoms with Gasteiger partial charge < -0.3 is 4.74 Å². The minimum absolute atomic E-state index is 0.144. The first-order valence-electron chi connectivity index (χ1n) is 7.89. The SMILES string of the molecule is COC(=O)C1CC(c2ccc(C)cc2)N(c2ccccc2)NC1=O. The van der Waals surface area contributed by atoms with Gasteiger partial charge in [0.1, 0.15) is 5.92 Å². The van der Waals surface area contributed by atoms with Crippen molar-refractivity contribution < 1.29 is 14.3 Å². The third kappa shape index (κ3) is 3.11. The van der Waals surface area contributed by atoms with Crippen molar-refractivity contribution in [3.63, 3.8) is 0 Å². The topological polar surface area (TPSA) is 58.6 Å². The largest absolute Gasteiger partial charge is 0.468 e. The maximum Gasteiger partial charge on any atom is 0.318 e. The van der Waals surface area contributed by atoms with Gasteiger partial charge in [-0.25, -0.2) is 0 Å². The number of aryl methyl sites for hydroxylation is 1. The molecule has 2 aromatic rings. The van der Waals surface area contributed by atoms with Gasteiger partial charge in [0.2, 0.25) is 0 Å². The molecule has 0 saturated carbocycles. The van der Waals surface area contributed by atoms with E-state index < -0.39 is 11.9 Å². The van der Waals surface area contributed by atoms with Gasteiger partial charge in [-0.05, 0) is 31.0 Å². The van der Waals surface area contributed by atoms with Gasteiger partial charge in [0.05, 0.1) is 18.8 Å². The standard InChI is InChI=1S/C19H20N2O3/c1-13-8-10-14(11-9-13)17-12-16(19(23)24-2)18(22)20-21(17)15-6-4-3-5-7-15/h3-11,16-17H,12H2,1-2H3,(H,20,22). The summed E-state index contributed by atoms with van der Waals surface area (Å²) < 4.78 is 4.79. The second-order valence-electron chi connectivity index (χ2n) is 5.92. The van der Waals surface area contributed by atoms with E-state index in [2.05, 4.69) is 5.43 Å². The summed E-state index contributed by atoms with van der Waals surface area (Å²) in [7, 11) is 1.31.